The highest BCUT2D eigenvalue weighted by Crippen LogP contribution is 2.28. The first-order valence-electron chi connectivity index (χ1n) is 8.29. The summed E-state index contributed by atoms with van der Waals surface area (Å²) < 4.78 is 11.8. The molecule has 0 aliphatic carbocycles. The van der Waals surface area contributed by atoms with Crippen molar-refractivity contribution in [1.29, 1.82) is 0 Å². The lowest BCUT2D eigenvalue weighted by atomic mass is 10.2. The number of aromatic nitrogens is 3. The Kier molecular flexibility index (Phi) is 4.43. The van der Waals surface area contributed by atoms with Crippen molar-refractivity contribution in [2.24, 2.45) is 0 Å². The number of amides is 1. The Morgan fingerprint density at radius 1 is 1.19 bits per heavy atom. The molecule has 0 aromatic carbocycles. The molecule has 2 aromatic rings. The van der Waals surface area contributed by atoms with Gasteiger partial charge in [-0.2, -0.15) is 5.10 Å². The van der Waals surface area contributed by atoms with Gasteiger partial charge in [0.25, 0.3) is 0 Å². The van der Waals surface area contributed by atoms with Crippen LogP contribution in [0.15, 0.2) is 18.3 Å². The van der Waals surface area contributed by atoms with Gasteiger partial charge >= 0.3 is 12.1 Å². The van der Waals surface area contributed by atoms with Crippen molar-refractivity contribution < 1.29 is 19.1 Å². The van der Waals surface area contributed by atoms with E-state index < -0.39 is 11.6 Å². The summed E-state index contributed by atoms with van der Waals surface area (Å²) in [7, 11) is 1.32. The number of hydrogen-bond acceptors (Lipinski definition) is 6. The third-order valence-electron chi connectivity index (χ3n) is 4.05. The number of carbonyl (C=O) groups is 2. The Morgan fingerprint density at radius 2 is 1.92 bits per heavy atom. The van der Waals surface area contributed by atoms with E-state index in [1.165, 1.54) is 7.11 Å². The number of methoxy groups -OCH3 is 1. The molecule has 0 bridgehead atoms. The van der Waals surface area contributed by atoms with Crippen LogP contribution in [0.2, 0.25) is 0 Å². The molecule has 8 heteroatoms. The molecular formula is C18H22N4O4. The van der Waals surface area contributed by atoms with Gasteiger partial charge in [0.2, 0.25) is 0 Å². The van der Waals surface area contributed by atoms with Crippen LogP contribution in [-0.2, 0) is 22.6 Å². The van der Waals surface area contributed by atoms with Crippen LogP contribution in [0.5, 0.6) is 0 Å². The van der Waals surface area contributed by atoms with E-state index >= 15 is 0 Å². The Bertz CT molecular complexity index is 849. The van der Waals surface area contributed by atoms with Gasteiger partial charge in [0, 0.05) is 11.3 Å². The number of rotatable bonds is 2. The summed E-state index contributed by atoms with van der Waals surface area (Å²) in [5.74, 6) is -0.482. The van der Waals surface area contributed by atoms with Crippen LogP contribution < -0.4 is 0 Å². The van der Waals surface area contributed by atoms with Crippen molar-refractivity contribution >= 4 is 12.1 Å². The largest absolute Gasteiger partial charge is 0.464 e. The van der Waals surface area contributed by atoms with Crippen molar-refractivity contribution in [3.8, 4) is 5.69 Å². The van der Waals surface area contributed by atoms with Crippen molar-refractivity contribution in [2.45, 2.75) is 46.4 Å². The maximum Gasteiger partial charge on any atom is 0.410 e. The third kappa shape index (κ3) is 3.40. The molecule has 0 atom stereocenters. The molecule has 26 heavy (non-hydrogen) atoms. The Balaban J connectivity index is 1.79. The topological polar surface area (TPSA) is 86.6 Å². The lowest BCUT2D eigenvalue weighted by molar-refractivity contribution is 0.0239. The highest BCUT2D eigenvalue weighted by Gasteiger charge is 2.32. The number of pyridine rings is 1. The molecule has 138 valence electrons. The molecule has 1 aliphatic heterocycles. The first kappa shape index (κ1) is 17.9. The molecule has 2 aromatic heterocycles. The number of esters is 1. The Hall–Kier alpha value is -2.90. The average molecular weight is 358 g/mol. The molecule has 3 heterocycles. The zero-order valence-corrected chi connectivity index (χ0v) is 15.6. The lowest BCUT2D eigenvalue weighted by Crippen LogP contribution is -2.33. The normalized spacial score (nSPS) is 13.5. The van der Waals surface area contributed by atoms with Crippen LogP contribution in [0.25, 0.3) is 5.69 Å². The van der Waals surface area contributed by atoms with Crippen molar-refractivity contribution in [2.75, 3.05) is 7.11 Å². The number of carbonyl (C=O) groups excluding carboxylic acids is 2. The molecule has 0 spiro atoms. The van der Waals surface area contributed by atoms with E-state index in [0.717, 1.165) is 22.6 Å². The molecule has 0 saturated carbocycles. The zero-order valence-electron chi connectivity index (χ0n) is 15.6. The van der Waals surface area contributed by atoms with Gasteiger partial charge in [0.05, 0.1) is 37.8 Å². The summed E-state index contributed by atoms with van der Waals surface area (Å²) in [6.07, 6.45) is 1.23. The number of hydrogen-bond donors (Lipinski definition) is 0. The van der Waals surface area contributed by atoms with Gasteiger partial charge in [0.15, 0.2) is 0 Å². The molecular weight excluding hydrogens is 336 g/mol. The van der Waals surface area contributed by atoms with Crippen LogP contribution in [0.1, 0.15) is 48.2 Å². The summed E-state index contributed by atoms with van der Waals surface area (Å²) in [5.41, 5.74) is 3.23. The number of nitrogens with zero attached hydrogens (tertiary/aromatic N) is 4. The second-order valence-corrected chi connectivity index (χ2v) is 7.15. The van der Waals surface area contributed by atoms with Crippen LogP contribution in [0.4, 0.5) is 4.79 Å². The molecule has 1 amide bonds. The zero-order chi connectivity index (χ0) is 19.1. The van der Waals surface area contributed by atoms with Crippen LogP contribution in [0, 0.1) is 6.92 Å². The van der Waals surface area contributed by atoms with Gasteiger partial charge in [-0.15, -0.1) is 0 Å². The summed E-state index contributed by atoms with van der Waals surface area (Å²) in [5, 5.41) is 4.60. The second kappa shape index (κ2) is 6.44. The van der Waals surface area contributed by atoms with Crippen LogP contribution >= 0.6 is 0 Å². The minimum absolute atomic E-state index is 0.240. The molecule has 0 N–H and O–H groups in total. The lowest BCUT2D eigenvalue weighted by Gasteiger charge is -2.24. The van der Waals surface area contributed by atoms with Gasteiger partial charge in [0.1, 0.15) is 11.3 Å². The van der Waals surface area contributed by atoms with Crippen LogP contribution in [0.3, 0.4) is 0 Å². The van der Waals surface area contributed by atoms with E-state index in [-0.39, 0.29) is 11.8 Å². The number of fused-ring (bicyclic) bond motifs is 1. The van der Waals surface area contributed by atoms with Gasteiger partial charge in [-0.1, -0.05) is 0 Å². The minimum Gasteiger partial charge on any atom is -0.464 e. The van der Waals surface area contributed by atoms with Crippen molar-refractivity contribution in [3.63, 3.8) is 0 Å². The molecule has 0 radical (unpaired) electrons. The Morgan fingerprint density at radius 3 is 2.46 bits per heavy atom. The standard InChI is InChI=1S/C18H22N4O4/c1-11-13-9-21(17(24)26-18(2,3)4)10-15(13)20-22(11)12-6-7-14(19-8-12)16(23)25-5/h6-8H,9-10H2,1-5H3. The quantitative estimate of drug-likeness (QED) is 0.767. The van der Waals surface area contributed by atoms with E-state index in [4.69, 9.17) is 4.74 Å². The maximum absolute atomic E-state index is 12.2. The average Bonchev–Trinajstić information content (AvgIpc) is 3.13. The summed E-state index contributed by atoms with van der Waals surface area (Å²) in [4.78, 5) is 29.5. The summed E-state index contributed by atoms with van der Waals surface area (Å²) in [6, 6.07) is 3.36. The van der Waals surface area contributed by atoms with Crippen molar-refractivity contribution in [3.05, 3.63) is 41.0 Å². The molecule has 1 aliphatic rings. The van der Waals surface area contributed by atoms with E-state index in [9.17, 15) is 9.59 Å². The fraction of sp³-hybridized carbons (Fsp3) is 0.444. The molecule has 0 unspecified atom stereocenters. The second-order valence-electron chi connectivity index (χ2n) is 7.15. The van der Waals surface area contributed by atoms with Gasteiger partial charge in [-0.25, -0.2) is 19.3 Å². The highest BCUT2D eigenvalue weighted by molar-refractivity contribution is 5.87. The monoisotopic (exact) mass is 358 g/mol. The fourth-order valence-corrected chi connectivity index (χ4v) is 2.80. The first-order valence-corrected chi connectivity index (χ1v) is 8.29. The van der Waals surface area contributed by atoms with Crippen molar-refractivity contribution in [1.82, 2.24) is 19.7 Å². The van der Waals surface area contributed by atoms with Gasteiger partial charge < -0.3 is 9.47 Å². The fourth-order valence-electron chi connectivity index (χ4n) is 2.80. The summed E-state index contributed by atoms with van der Waals surface area (Å²) >= 11 is 0. The molecule has 0 saturated heterocycles. The van der Waals surface area contributed by atoms with E-state index in [1.807, 2.05) is 27.7 Å². The predicted octanol–water partition coefficient (Wildman–Crippen LogP) is 2.61. The number of ether oxygens (including phenoxy) is 2. The minimum atomic E-state index is -0.529. The predicted molar refractivity (Wildman–Crippen MR) is 92.9 cm³/mol. The van der Waals surface area contributed by atoms with E-state index in [2.05, 4.69) is 14.8 Å². The third-order valence-corrected chi connectivity index (χ3v) is 4.05. The van der Waals surface area contributed by atoms with Gasteiger partial charge in [-0.05, 0) is 39.8 Å². The first-order chi connectivity index (χ1) is 12.2. The Labute approximate surface area is 151 Å². The van der Waals surface area contributed by atoms with Gasteiger partial charge in [-0.3, -0.25) is 4.90 Å². The molecule has 3 rings (SSSR count). The smallest absolute Gasteiger partial charge is 0.410 e. The highest BCUT2D eigenvalue weighted by atomic mass is 16.6. The molecule has 0 fully saturated rings. The van der Waals surface area contributed by atoms with Crippen LogP contribution in [-0.4, -0.2) is 44.4 Å². The maximum atomic E-state index is 12.2. The molecule has 8 nitrogen and oxygen atoms in total. The van der Waals surface area contributed by atoms with E-state index in [1.54, 1.807) is 27.9 Å². The summed E-state index contributed by atoms with van der Waals surface area (Å²) in [6.45, 7) is 8.35. The van der Waals surface area contributed by atoms with E-state index in [0.29, 0.717) is 13.1 Å². The SMILES string of the molecule is COC(=O)c1ccc(-n2nc3c(c2C)CN(C(=O)OC(C)(C)C)C3)cn1.